The summed E-state index contributed by atoms with van der Waals surface area (Å²) in [6, 6.07) is 3.86. The van der Waals surface area contributed by atoms with Crippen LogP contribution >= 0.6 is 0 Å². The minimum atomic E-state index is 0.525. The van der Waals surface area contributed by atoms with Gasteiger partial charge in [0.2, 0.25) is 0 Å². The fourth-order valence-corrected chi connectivity index (χ4v) is 1.38. The maximum atomic E-state index is 5.57. The van der Waals surface area contributed by atoms with E-state index in [1.165, 1.54) is 5.56 Å². The molecule has 0 radical (unpaired) electrons. The summed E-state index contributed by atoms with van der Waals surface area (Å²) < 4.78 is 1.78. The van der Waals surface area contributed by atoms with E-state index >= 15 is 0 Å². The summed E-state index contributed by atoms with van der Waals surface area (Å²) in [6.45, 7) is 2.63. The van der Waals surface area contributed by atoms with E-state index in [4.69, 9.17) is 5.73 Å². The minimum absolute atomic E-state index is 0.525. The second-order valence-corrected chi connectivity index (χ2v) is 3.37. The fourth-order valence-electron chi connectivity index (χ4n) is 1.38. The van der Waals surface area contributed by atoms with Gasteiger partial charge in [-0.25, -0.2) is 9.67 Å². The van der Waals surface area contributed by atoms with Crippen LogP contribution in [0.2, 0.25) is 0 Å². The van der Waals surface area contributed by atoms with Crippen LogP contribution < -0.4 is 5.73 Å². The lowest BCUT2D eigenvalue weighted by Crippen LogP contribution is -2.01. The molecule has 0 atom stereocenters. The standard InChI is InChI=1S/C11H14N4/c1-2-9-7-14-15(8-9)11-5-10(6-12)3-4-13-11/h3-5,7-8H,2,6,12H2,1H3. The lowest BCUT2D eigenvalue weighted by molar-refractivity contribution is 0.841. The number of aromatic nitrogens is 3. The van der Waals surface area contributed by atoms with Crippen molar-refractivity contribution in [3.63, 3.8) is 0 Å². The summed E-state index contributed by atoms with van der Waals surface area (Å²) in [4.78, 5) is 4.25. The minimum Gasteiger partial charge on any atom is -0.326 e. The first kappa shape index (κ1) is 9.86. The molecule has 2 heterocycles. The van der Waals surface area contributed by atoms with E-state index in [-0.39, 0.29) is 0 Å². The summed E-state index contributed by atoms with van der Waals surface area (Å²) in [5.74, 6) is 0.817. The van der Waals surface area contributed by atoms with Crippen molar-refractivity contribution >= 4 is 0 Å². The summed E-state index contributed by atoms with van der Waals surface area (Å²) in [7, 11) is 0. The highest BCUT2D eigenvalue weighted by Crippen LogP contribution is 2.07. The number of aryl methyl sites for hydroxylation is 1. The maximum Gasteiger partial charge on any atom is 0.153 e. The van der Waals surface area contributed by atoms with Gasteiger partial charge in [0.25, 0.3) is 0 Å². The third-order valence-corrected chi connectivity index (χ3v) is 2.32. The molecule has 0 spiro atoms. The number of hydrogen-bond donors (Lipinski definition) is 1. The second-order valence-electron chi connectivity index (χ2n) is 3.37. The molecule has 0 aliphatic heterocycles. The Morgan fingerprint density at radius 1 is 1.40 bits per heavy atom. The molecule has 0 aliphatic carbocycles. The lowest BCUT2D eigenvalue weighted by atomic mass is 10.2. The van der Waals surface area contributed by atoms with Gasteiger partial charge in [-0.2, -0.15) is 5.10 Å². The summed E-state index contributed by atoms with van der Waals surface area (Å²) >= 11 is 0. The predicted molar refractivity (Wildman–Crippen MR) is 58.6 cm³/mol. The zero-order valence-corrected chi connectivity index (χ0v) is 8.72. The Morgan fingerprint density at radius 3 is 2.93 bits per heavy atom. The normalized spacial score (nSPS) is 10.5. The highest BCUT2D eigenvalue weighted by molar-refractivity contribution is 5.27. The van der Waals surface area contributed by atoms with Crippen LogP contribution in [0.1, 0.15) is 18.1 Å². The molecular formula is C11H14N4. The molecule has 4 nitrogen and oxygen atoms in total. The van der Waals surface area contributed by atoms with Gasteiger partial charge in [-0.15, -0.1) is 0 Å². The third-order valence-electron chi connectivity index (χ3n) is 2.32. The van der Waals surface area contributed by atoms with Crippen molar-refractivity contribution in [1.82, 2.24) is 14.8 Å². The molecule has 0 bridgehead atoms. The van der Waals surface area contributed by atoms with E-state index in [1.807, 2.05) is 24.5 Å². The van der Waals surface area contributed by atoms with E-state index in [0.29, 0.717) is 6.54 Å². The Labute approximate surface area is 88.8 Å². The summed E-state index contributed by atoms with van der Waals surface area (Å²) in [5.41, 5.74) is 7.84. The van der Waals surface area contributed by atoms with Gasteiger partial charge in [0.15, 0.2) is 5.82 Å². The molecule has 15 heavy (non-hydrogen) atoms. The van der Waals surface area contributed by atoms with Gasteiger partial charge in [0, 0.05) is 18.9 Å². The molecule has 4 heteroatoms. The number of nitrogens with two attached hydrogens (primary N) is 1. The first-order chi connectivity index (χ1) is 7.33. The first-order valence-corrected chi connectivity index (χ1v) is 5.02. The maximum absolute atomic E-state index is 5.57. The predicted octanol–water partition coefficient (Wildman–Crippen LogP) is 1.29. The molecule has 0 fully saturated rings. The molecule has 2 aromatic rings. The molecule has 0 amide bonds. The number of hydrogen-bond acceptors (Lipinski definition) is 3. The highest BCUT2D eigenvalue weighted by Gasteiger charge is 2.01. The molecule has 0 aliphatic rings. The van der Waals surface area contributed by atoms with Gasteiger partial charge in [0.05, 0.1) is 6.20 Å². The molecule has 2 aromatic heterocycles. The van der Waals surface area contributed by atoms with Crippen LogP contribution in [0.15, 0.2) is 30.7 Å². The van der Waals surface area contributed by atoms with Crippen molar-refractivity contribution in [2.75, 3.05) is 0 Å². The van der Waals surface area contributed by atoms with Crippen molar-refractivity contribution < 1.29 is 0 Å². The number of pyridine rings is 1. The fraction of sp³-hybridized carbons (Fsp3) is 0.273. The van der Waals surface area contributed by atoms with Gasteiger partial charge in [-0.05, 0) is 29.7 Å². The Balaban J connectivity index is 2.35. The van der Waals surface area contributed by atoms with Crippen molar-refractivity contribution in [3.8, 4) is 5.82 Å². The van der Waals surface area contributed by atoms with Gasteiger partial charge in [0.1, 0.15) is 0 Å². The van der Waals surface area contributed by atoms with E-state index in [0.717, 1.165) is 17.8 Å². The van der Waals surface area contributed by atoms with Crippen LogP contribution in [0.3, 0.4) is 0 Å². The Kier molecular flexibility index (Phi) is 2.78. The molecule has 0 unspecified atom stereocenters. The van der Waals surface area contributed by atoms with Crippen molar-refractivity contribution in [2.45, 2.75) is 19.9 Å². The molecule has 0 saturated carbocycles. The molecule has 0 saturated heterocycles. The largest absolute Gasteiger partial charge is 0.326 e. The molecule has 2 N–H and O–H groups in total. The van der Waals surface area contributed by atoms with Crippen LogP contribution in [0.4, 0.5) is 0 Å². The average Bonchev–Trinajstić information content (AvgIpc) is 2.78. The molecule has 0 aromatic carbocycles. The van der Waals surface area contributed by atoms with E-state index in [1.54, 1.807) is 10.9 Å². The summed E-state index contributed by atoms with van der Waals surface area (Å²) in [5, 5.41) is 4.25. The quantitative estimate of drug-likeness (QED) is 0.815. The lowest BCUT2D eigenvalue weighted by Gasteiger charge is -2.01. The third kappa shape index (κ3) is 2.05. The Bertz CT molecular complexity index is 447. The molecule has 78 valence electrons. The zero-order chi connectivity index (χ0) is 10.7. The van der Waals surface area contributed by atoms with Crippen LogP contribution in [-0.4, -0.2) is 14.8 Å². The number of nitrogens with zero attached hydrogens (tertiary/aromatic N) is 3. The van der Waals surface area contributed by atoms with Crippen LogP contribution in [0, 0.1) is 0 Å². The van der Waals surface area contributed by atoms with E-state index in [9.17, 15) is 0 Å². The van der Waals surface area contributed by atoms with Crippen LogP contribution in [-0.2, 0) is 13.0 Å². The van der Waals surface area contributed by atoms with E-state index in [2.05, 4.69) is 17.0 Å². The van der Waals surface area contributed by atoms with Gasteiger partial charge in [-0.1, -0.05) is 6.92 Å². The molecule has 2 rings (SSSR count). The van der Waals surface area contributed by atoms with Crippen LogP contribution in [0.25, 0.3) is 5.82 Å². The smallest absolute Gasteiger partial charge is 0.153 e. The summed E-state index contributed by atoms with van der Waals surface area (Å²) in [6.07, 6.45) is 6.58. The van der Waals surface area contributed by atoms with Gasteiger partial charge < -0.3 is 5.73 Å². The average molecular weight is 202 g/mol. The first-order valence-electron chi connectivity index (χ1n) is 5.02. The Morgan fingerprint density at radius 2 is 2.27 bits per heavy atom. The van der Waals surface area contributed by atoms with E-state index < -0.39 is 0 Å². The highest BCUT2D eigenvalue weighted by atomic mass is 15.3. The van der Waals surface area contributed by atoms with Crippen molar-refractivity contribution in [3.05, 3.63) is 41.9 Å². The topological polar surface area (TPSA) is 56.7 Å². The van der Waals surface area contributed by atoms with Crippen molar-refractivity contribution in [1.29, 1.82) is 0 Å². The number of rotatable bonds is 3. The molecular weight excluding hydrogens is 188 g/mol. The monoisotopic (exact) mass is 202 g/mol. The van der Waals surface area contributed by atoms with Crippen molar-refractivity contribution in [2.24, 2.45) is 5.73 Å². The van der Waals surface area contributed by atoms with Gasteiger partial charge >= 0.3 is 0 Å². The van der Waals surface area contributed by atoms with Gasteiger partial charge in [-0.3, -0.25) is 0 Å². The Hall–Kier alpha value is -1.68. The van der Waals surface area contributed by atoms with Crippen LogP contribution in [0.5, 0.6) is 0 Å². The SMILES string of the molecule is CCc1cnn(-c2cc(CN)ccn2)c1. The second kappa shape index (κ2) is 4.23. The zero-order valence-electron chi connectivity index (χ0n) is 8.72.